The van der Waals surface area contributed by atoms with Crippen LogP contribution in [0.3, 0.4) is 0 Å². The number of hydrogen-bond acceptors (Lipinski definition) is 4. The topological polar surface area (TPSA) is 105 Å². The molecule has 2 amide bonds. The summed E-state index contributed by atoms with van der Waals surface area (Å²) in [6, 6.07) is 14.9. The third kappa shape index (κ3) is 5.56. The molecule has 1 saturated carbocycles. The normalized spacial score (nSPS) is 19.3. The monoisotopic (exact) mass is 476 g/mol. The number of hydrogen-bond donors (Lipinski definition) is 3. The van der Waals surface area contributed by atoms with Crippen molar-refractivity contribution in [1.29, 1.82) is 0 Å². The van der Waals surface area contributed by atoms with Crippen molar-refractivity contribution in [2.75, 3.05) is 6.61 Å². The Morgan fingerprint density at radius 1 is 1.03 bits per heavy atom. The summed E-state index contributed by atoms with van der Waals surface area (Å²) in [4.78, 5) is 37.3. The molecule has 2 aliphatic rings. The number of nitrogens with one attached hydrogen (secondary N) is 2. The predicted molar refractivity (Wildman–Crippen MR) is 133 cm³/mol. The minimum atomic E-state index is -0.904. The molecular formula is C28H32N2O5. The second-order valence-corrected chi connectivity index (χ2v) is 9.53. The number of carboxylic acid groups (broad SMARTS) is 1. The quantitative estimate of drug-likeness (QED) is 0.482. The van der Waals surface area contributed by atoms with Gasteiger partial charge >= 0.3 is 12.1 Å². The maximum absolute atomic E-state index is 13.0. The van der Waals surface area contributed by atoms with Crippen molar-refractivity contribution in [2.45, 2.75) is 57.5 Å². The first kappa shape index (κ1) is 24.5. The second kappa shape index (κ2) is 10.8. The SMILES string of the molecule is CC(C)=CCC(NC(=O)OCC1c2ccccc2-c2ccccc21)C(=O)N[C@H]1CCC[C@H]1C(=O)O. The van der Waals surface area contributed by atoms with Crippen LogP contribution in [-0.2, 0) is 14.3 Å². The molecule has 0 aromatic heterocycles. The van der Waals surface area contributed by atoms with Gasteiger partial charge in [-0.1, -0.05) is 66.6 Å². The molecule has 3 N–H and O–H groups in total. The number of carbonyl (C=O) groups is 3. The van der Waals surface area contributed by atoms with E-state index in [0.717, 1.165) is 34.2 Å². The van der Waals surface area contributed by atoms with Gasteiger partial charge in [-0.25, -0.2) is 4.79 Å². The molecule has 1 fully saturated rings. The van der Waals surface area contributed by atoms with Crippen LogP contribution in [0.5, 0.6) is 0 Å². The number of fused-ring (bicyclic) bond motifs is 3. The first-order valence-electron chi connectivity index (χ1n) is 12.1. The molecule has 0 spiro atoms. The second-order valence-electron chi connectivity index (χ2n) is 9.53. The fraction of sp³-hybridized carbons (Fsp3) is 0.393. The molecule has 2 aliphatic carbocycles. The first-order chi connectivity index (χ1) is 16.8. The maximum atomic E-state index is 13.0. The Labute approximate surface area is 205 Å². The van der Waals surface area contributed by atoms with Crippen molar-refractivity contribution in [3.63, 3.8) is 0 Å². The summed E-state index contributed by atoms with van der Waals surface area (Å²) in [6.45, 7) is 3.99. The Morgan fingerprint density at radius 3 is 2.26 bits per heavy atom. The summed E-state index contributed by atoms with van der Waals surface area (Å²) < 4.78 is 5.61. The van der Waals surface area contributed by atoms with Crippen LogP contribution in [0.15, 0.2) is 60.2 Å². The number of ether oxygens (including phenoxy) is 1. The Morgan fingerprint density at radius 2 is 1.66 bits per heavy atom. The molecule has 0 bridgehead atoms. The van der Waals surface area contributed by atoms with Crippen LogP contribution in [0.2, 0.25) is 0 Å². The highest BCUT2D eigenvalue weighted by atomic mass is 16.5. The molecule has 0 heterocycles. The summed E-state index contributed by atoms with van der Waals surface area (Å²) >= 11 is 0. The zero-order valence-electron chi connectivity index (χ0n) is 20.1. The molecule has 4 rings (SSSR count). The highest BCUT2D eigenvalue weighted by Crippen LogP contribution is 2.44. The number of rotatable bonds is 8. The number of allylic oxidation sites excluding steroid dienone is 1. The van der Waals surface area contributed by atoms with Crippen LogP contribution in [0.4, 0.5) is 4.79 Å². The van der Waals surface area contributed by atoms with Crippen molar-refractivity contribution >= 4 is 18.0 Å². The van der Waals surface area contributed by atoms with Crippen LogP contribution in [0.1, 0.15) is 56.6 Å². The summed E-state index contributed by atoms with van der Waals surface area (Å²) in [5, 5.41) is 15.0. The van der Waals surface area contributed by atoms with E-state index in [1.54, 1.807) is 0 Å². The van der Waals surface area contributed by atoms with Gasteiger partial charge in [0.2, 0.25) is 5.91 Å². The van der Waals surface area contributed by atoms with Crippen molar-refractivity contribution in [1.82, 2.24) is 10.6 Å². The molecule has 0 saturated heterocycles. The zero-order valence-corrected chi connectivity index (χ0v) is 20.1. The fourth-order valence-corrected chi connectivity index (χ4v) is 5.08. The van der Waals surface area contributed by atoms with Gasteiger partial charge in [-0.3, -0.25) is 9.59 Å². The Kier molecular flexibility index (Phi) is 7.54. The molecule has 7 heteroatoms. The Bertz CT molecular complexity index is 1090. The molecule has 0 aliphatic heterocycles. The molecule has 2 aromatic carbocycles. The summed E-state index contributed by atoms with van der Waals surface area (Å²) in [5.74, 6) is -1.97. The van der Waals surface area contributed by atoms with E-state index in [-0.39, 0.29) is 12.5 Å². The number of benzene rings is 2. The van der Waals surface area contributed by atoms with Crippen LogP contribution in [-0.4, -0.2) is 41.8 Å². The molecule has 184 valence electrons. The van der Waals surface area contributed by atoms with Crippen molar-refractivity contribution in [2.24, 2.45) is 5.92 Å². The molecule has 7 nitrogen and oxygen atoms in total. The third-order valence-corrected chi connectivity index (χ3v) is 6.87. The largest absolute Gasteiger partial charge is 0.481 e. The zero-order chi connectivity index (χ0) is 24.9. The Balaban J connectivity index is 1.42. The molecule has 3 atom stereocenters. The molecule has 1 unspecified atom stereocenters. The minimum absolute atomic E-state index is 0.0759. The third-order valence-electron chi connectivity index (χ3n) is 6.87. The van der Waals surface area contributed by atoms with Gasteiger partial charge in [0, 0.05) is 12.0 Å². The molecule has 35 heavy (non-hydrogen) atoms. The van der Waals surface area contributed by atoms with Gasteiger partial charge in [-0.05, 0) is 55.4 Å². The number of amides is 2. The van der Waals surface area contributed by atoms with Crippen molar-refractivity contribution in [3.05, 3.63) is 71.3 Å². The van der Waals surface area contributed by atoms with Gasteiger partial charge < -0.3 is 20.5 Å². The standard InChI is InChI=1S/C28H32N2O5/c1-17(2)14-15-25(26(31)29-24-13-7-12-22(24)27(32)33)30-28(34)35-16-23-20-10-5-3-8-18(20)19-9-4-6-11-21(19)23/h3-6,8-11,14,22-25H,7,12-13,15-16H2,1-2H3,(H,29,31)(H,30,34)(H,32,33)/t22-,24+,25?/m1/s1. The van der Waals surface area contributed by atoms with Crippen LogP contribution < -0.4 is 10.6 Å². The van der Waals surface area contributed by atoms with E-state index in [0.29, 0.717) is 19.3 Å². The summed E-state index contributed by atoms with van der Waals surface area (Å²) in [5.41, 5.74) is 5.52. The first-order valence-corrected chi connectivity index (χ1v) is 12.1. The van der Waals surface area contributed by atoms with Gasteiger partial charge in [-0.2, -0.15) is 0 Å². The summed E-state index contributed by atoms with van der Waals surface area (Å²) in [6.07, 6.45) is 3.40. The fourth-order valence-electron chi connectivity index (χ4n) is 5.08. The van der Waals surface area contributed by atoms with E-state index in [2.05, 4.69) is 22.8 Å². The smallest absolute Gasteiger partial charge is 0.407 e. The van der Waals surface area contributed by atoms with E-state index in [4.69, 9.17) is 4.74 Å². The molecule has 0 radical (unpaired) electrons. The minimum Gasteiger partial charge on any atom is -0.481 e. The lowest BCUT2D eigenvalue weighted by Gasteiger charge is -2.23. The van der Waals surface area contributed by atoms with Gasteiger partial charge in [0.25, 0.3) is 0 Å². The Hall–Kier alpha value is -3.61. The van der Waals surface area contributed by atoms with Crippen LogP contribution in [0, 0.1) is 5.92 Å². The van der Waals surface area contributed by atoms with E-state index in [1.807, 2.05) is 56.3 Å². The van der Waals surface area contributed by atoms with E-state index in [9.17, 15) is 19.5 Å². The lowest BCUT2D eigenvalue weighted by Crippen LogP contribution is -2.51. The van der Waals surface area contributed by atoms with Gasteiger partial charge in [-0.15, -0.1) is 0 Å². The lowest BCUT2D eigenvalue weighted by atomic mass is 9.98. The molecular weight excluding hydrogens is 444 g/mol. The van der Waals surface area contributed by atoms with E-state index >= 15 is 0 Å². The van der Waals surface area contributed by atoms with Crippen LogP contribution in [0.25, 0.3) is 11.1 Å². The van der Waals surface area contributed by atoms with Crippen molar-refractivity contribution < 1.29 is 24.2 Å². The molecule has 2 aromatic rings. The van der Waals surface area contributed by atoms with E-state index in [1.165, 1.54) is 0 Å². The average molecular weight is 477 g/mol. The number of aliphatic carboxylic acids is 1. The average Bonchev–Trinajstić information content (AvgIpc) is 3.43. The van der Waals surface area contributed by atoms with E-state index < -0.39 is 36.0 Å². The lowest BCUT2D eigenvalue weighted by molar-refractivity contribution is -0.142. The van der Waals surface area contributed by atoms with Crippen LogP contribution >= 0.6 is 0 Å². The highest BCUT2D eigenvalue weighted by molar-refractivity contribution is 5.87. The van der Waals surface area contributed by atoms with Gasteiger partial charge in [0.1, 0.15) is 12.6 Å². The highest BCUT2D eigenvalue weighted by Gasteiger charge is 2.35. The maximum Gasteiger partial charge on any atom is 0.407 e. The number of alkyl carbamates (subject to hydrolysis) is 1. The summed E-state index contributed by atoms with van der Waals surface area (Å²) in [7, 11) is 0. The van der Waals surface area contributed by atoms with Gasteiger partial charge in [0.15, 0.2) is 0 Å². The van der Waals surface area contributed by atoms with Gasteiger partial charge in [0.05, 0.1) is 5.92 Å². The van der Waals surface area contributed by atoms with Crippen molar-refractivity contribution in [3.8, 4) is 11.1 Å². The predicted octanol–water partition coefficient (Wildman–Crippen LogP) is 4.62. The number of carbonyl (C=O) groups excluding carboxylic acids is 2. The number of carboxylic acids is 1.